The quantitative estimate of drug-likeness (QED) is 0.729. The Bertz CT molecular complexity index is 1010. The number of amides is 1. The fraction of sp³-hybridized carbons (Fsp3) is 0.238. The number of rotatable bonds is 5. The molecule has 4 rings (SSSR count). The molecule has 1 aliphatic rings. The van der Waals surface area contributed by atoms with Crippen molar-refractivity contribution in [3.05, 3.63) is 60.0 Å². The number of nitrogens with zero attached hydrogens (tertiary/aromatic N) is 1. The molecule has 0 saturated heterocycles. The molecule has 6 heteroatoms. The van der Waals surface area contributed by atoms with E-state index in [-0.39, 0.29) is 23.6 Å². The van der Waals surface area contributed by atoms with Crippen molar-refractivity contribution < 1.29 is 13.9 Å². The van der Waals surface area contributed by atoms with E-state index >= 15 is 0 Å². The van der Waals surface area contributed by atoms with Gasteiger partial charge in [-0.25, -0.2) is 4.39 Å². The molecule has 1 N–H and O–H groups in total. The summed E-state index contributed by atoms with van der Waals surface area (Å²) in [7, 11) is 0. The number of halogens is 1. The highest BCUT2D eigenvalue weighted by Crippen LogP contribution is 2.36. The van der Waals surface area contributed by atoms with Crippen molar-refractivity contribution in [1.82, 2.24) is 10.3 Å². The third kappa shape index (κ3) is 3.76. The van der Waals surface area contributed by atoms with E-state index in [0.717, 1.165) is 27.6 Å². The highest BCUT2D eigenvalue weighted by atomic mass is 32.2. The minimum absolute atomic E-state index is 0.0366. The third-order valence-electron chi connectivity index (χ3n) is 4.58. The van der Waals surface area contributed by atoms with Crippen LogP contribution >= 0.6 is 11.8 Å². The number of ether oxygens (including phenoxy) is 1. The molecule has 2 heterocycles. The highest BCUT2D eigenvalue weighted by Gasteiger charge is 2.27. The van der Waals surface area contributed by atoms with Crippen LogP contribution in [-0.2, 0) is 11.2 Å². The van der Waals surface area contributed by atoms with Gasteiger partial charge in [0.05, 0.1) is 17.8 Å². The van der Waals surface area contributed by atoms with Crippen LogP contribution in [0.3, 0.4) is 0 Å². The Balaban J connectivity index is 1.56. The molecule has 138 valence electrons. The van der Waals surface area contributed by atoms with E-state index in [9.17, 15) is 9.18 Å². The van der Waals surface area contributed by atoms with Gasteiger partial charge in [-0.15, -0.1) is 0 Å². The van der Waals surface area contributed by atoms with Crippen LogP contribution in [0, 0.1) is 5.82 Å². The first-order chi connectivity index (χ1) is 13.1. The molecule has 4 nitrogen and oxygen atoms in total. The number of carbonyl (C=O) groups is 1. The molecule has 1 unspecified atom stereocenters. The van der Waals surface area contributed by atoms with E-state index in [1.807, 2.05) is 42.7 Å². The van der Waals surface area contributed by atoms with Crippen LogP contribution in [0.5, 0.6) is 5.75 Å². The molecular weight excluding hydrogens is 363 g/mol. The number of hydrogen-bond acceptors (Lipinski definition) is 4. The maximum atomic E-state index is 14.6. The van der Waals surface area contributed by atoms with Crippen LogP contribution in [-0.4, -0.2) is 35.5 Å². The second-order valence-corrected chi connectivity index (χ2v) is 7.41. The summed E-state index contributed by atoms with van der Waals surface area (Å²) >= 11 is 1.46. The second kappa shape index (κ2) is 7.56. The van der Waals surface area contributed by atoms with Crippen molar-refractivity contribution in [2.75, 3.05) is 18.6 Å². The van der Waals surface area contributed by atoms with Crippen molar-refractivity contribution in [3.8, 4) is 16.9 Å². The van der Waals surface area contributed by atoms with Crippen molar-refractivity contribution in [2.45, 2.75) is 12.5 Å². The molecule has 1 amide bonds. The standard InChI is InChI=1S/C21H19FN2O2S/c1-27-12-20(25)24-11-17-8-15-7-14(9-18(22)21(15)26-17)16-6-13-4-2-3-5-19(13)23-10-16/h2-7,9-10,17H,8,11-12H2,1H3,(H,24,25). The summed E-state index contributed by atoms with van der Waals surface area (Å²) in [5, 5.41) is 3.84. The minimum atomic E-state index is -0.381. The molecule has 1 aliphatic heterocycles. The van der Waals surface area contributed by atoms with E-state index in [1.165, 1.54) is 17.8 Å². The van der Waals surface area contributed by atoms with E-state index in [0.29, 0.717) is 18.7 Å². The van der Waals surface area contributed by atoms with Crippen molar-refractivity contribution >= 4 is 28.6 Å². The molecule has 0 spiro atoms. The number of benzene rings is 2. The lowest BCUT2D eigenvalue weighted by molar-refractivity contribution is -0.118. The van der Waals surface area contributed by atoms with Gasteiger partial charge in [-0.2, -0.15) is 11.8 Å². The van der Waals surface area contributed by atoms with Crippen LogP contribution in [0.1, 0.15) is 5.56 Å². The summed E-state index contributed by atoms with van der Waals surface area (Å²) in [6.07, 6.45) is 3.96. The summed E-state index contributed by atoms with van der Waals surface area (Å²) in [6, 6.07) is 13.3. The van der Waals surface area contributed by atoms with Crippen LogP contribution in [0.15, 0.2) is 48.7 Å². The number of para-hydroxylation sites is 1. The average Bonchev–Trinajstić information content (AvgIpc) is 3.10. The van der Waals surface area contributed by atoms with E-state index in [4.69, 9.17) is 4.74 Å². The average molecular weight is 382 g/mol. The lowest BCUT2D eigenvalue weighted by atomic mass is 10.0. The summed E-state index contributed by atoms with van der Waals surface area (Å²) in [6.45, 7) is 0.375. The van der Waals surface area contributed by atoms with Gasteiger partial charge in [0.25, 0.3) is 0 Å². The number of thioether (sulfide) groups is 1. The topological polar surface area (TPSA) is 51.2 Å². The Hall–Kier alpha value is -2.60. The Morgan fingerprint density at radius 3 is 3.00 bits per heavy atom. The fourth-order valence-electron chi connectivity index (χ4n) is 3.31. The van der Waals surface area contributed by atoms with E-state index in [2.05, 4.69) is 10.3 Å². The Kier molecular flexibility index (Phi) is 4.99. The van der Waals surface area contributed by atoms with Crippen LogP contribution in [0.4, 0.5) is 4.39 Å². The maximum absolute atomic E-state index is 14.6. The second-order valence-electron chi connectivity index (χ2n) is 6.54. The predicted octanol–water partition coefficient (Wildman–Crippen LogP) is 3.82. The first-order valence-electron chi connectivity index (χ1n) is 8.74. The Morgan fingerprint density at radius 1 is 1.30 bits per heavy atom. The zero-order valence-corrected chi connectivity index (χ0v) is 15.7. The monoisotopic (exact) mass is 382 g/mol. The van der Waals surface area contributed by atoms with Gasteiger partial charge in [-0.05, 0) is 36.1 Å². The first kappa shape index (κ1) is 17.8. The van der Waals surface area contributed by atoms with Gasteiger partial charge in [0.1, 0.15) is 6.10 Å². The predicted molar refractivity (Wildman–Crippen MR) is 107 cm³/mol. The lowest BCUT2D eigenvalue weighted by Gasteiger charge is -2.11. The first-order valence-corrected chi connectivity index (χ1v) is 10.1. The molecule has 0 radical (unpaired) electrons. The largest absolute Gasteiger partial charge is 0.485 e. The summed E-state index contributed by atoms with van der Waals surface area (Å²) in [5.74, 6) is 0.281. The summed E-state index contributed by atoms with van der Waals surface area (Å²) < 4.78 is 20.3. The normalized spacial score (nSPS) is 15.4. The molecule has 2 aromatic carbocycles. The van der Waals surface area contributed by atoms with Gasteiger partial charge in [-0.1, -0.05) is 18.2 Å². The molecule has 0 fully saturated rings. The molecular formula is C21H19FN2O2S. The third-order valence-corrected chi connectivity index (χ3v) is 5.13. The molecule has 3 aromatic rings. The maximum Gasteiger partial charge on any atom is 0.230 e. The molecule has 27 heavy (non-hydrogen) atoms. The molecule has 0 bridgehead atoms. The molecule has 0 aliphatic carbocycles. The SMILES string of the molecule is CSCC(=O)NCC1Cc2cc(-c3cnc4ccccc4c3)cc(F)c2O1. The molecule has 0 saturated carbocycles. The van der Waals surface area contributed by atoms with Gasteiger partial charge in [0, 0.05) is 29.1 Å². The highest BCUT2D eigenvalue weighted by molar-refractivity contribution is 7.99. The van der Waals surface area contributed by atoms with Crippen LogP contribution < -0.4 is 10.1 Å². The van der Waals surface area contributed by atoms with Gasteiger partial charge in [-0.3, -0.25) is 9.78 Å². The van der Waals surface area contributed by atoms with E-state index < -0.39 is 0 Å². The summed E-state index contributed by atoms with van der Waals surface area (Å²) in [4.78, 5) is 16.1. The lowest BCUT2D eigenvalue weighted by Crippen LogP contribution is -2.35. The van der Waals surface area contributed by atoms with Gasteiger partial charge in [0.2, 0.25) is 5.91 Å². The zero-order valence-electron chi connectivity index (χ0n) is 14.9. The fourth-order valence-corrected chi connectivity index (χ4v) is 3.67. The number of hydrogen-bond donors (Lipinski definition) is 1. The zero-order chi connectivity index (χ0) is 18.8. The number of carbonyl (C=O) groups excluding carboxylic acids is 1. The number of pyridine rings is 1. The molecule has 1 atom stereocenters. The number of fused-ring (bicyclic) bond motifs is 2. The van der Waals surface area contributed by atoms with Crippen LogP contribution in [0.25, 0.3) is 22.0 Å². The van der Waals surface area contributed by atoms with Crippen LogP contribution in [0.2, 0.25) is 0 Å². The smallest absolute Gasteiger partial charge is 0.230 e. The van der Waals surface area contributed by atoms with Gasteiger partial charge >= 0.3 is 0 Å². The van der Waals surface area contributed by atoms with E-state index in [1.54, 1.807) is 6.20 Å². The minimum Gasteiger partial charge on any atom is -0.485 e. The summed E-state index contributed by atoms with van der Waals surface area (Å²) in [5.41, 5.74) is 3.38. The van der Waals surface area contributed by atoms with Crippen molar-refractivity contribution in [3.63, 3.8) is 0 Å². The van der Waals surface area contributed by atoms with Gasteiger partial charge in [0.15, 0.2) is 11.6 Å². The number of nitrogens with one attached hydrogen (secondary N) is 1. The Labute approximate surface area is 161 Å². The van der Waals surface area contributed by atoms with Crippen molar-refractivity contribution in [1.29, 1.82) is 0 Å². The number of aromatic nitrogens is 1. The molecule has 1 aromatic heterocycles. The van der Waals surface area contributed by atoms with Gasteiger partial charge < -0.3 is 10.1 Å². The van der Waals surface area contributed by atoms with Crippen molar-refractivity contribution in [2.24, 2.45) is 0 Å². The Morgan fingerprint density at radius 2 is 2.15 bits per heavy atom.